The van der Waals surface area contributed by atoms with Gasteiger partial charge in [0.25, 0.3) is 0 Å². The van der Waals surface area contributed by atoms with Gasteiger partial charge in [0.05, 0.1) is 12.9 Å². The van der Waals surface area contributed by atoms with Crippen molar-refractivity contribution in [3.8, 4) is 0 Å². The summed E-state index contributed by atoms with van der Waals surface area (Å²) in [5.41, 5.74) is 1.97. The summed E-state index contributed by atoms with van der Waals surface area (Å²) in [6.07, 6.45) is 3.16. The van der Waals surface area contributed by atoms with Crippen molar-refractivity contribution in [1.29, 1.82) is 0 Å². The van der Waals surface area contributed by atoms with Crippen LogP contribution in [-0.2, 0) is 35.8 Å². The Labute approximate surface area is 167 Å². The largest absolute Gasteiger partial charge is 0.467 e. The summed E-state index contributed by atoms with van der Waals surface area (Å²) < 4.78 is 12.5. The van der Waals surface area contributed by atoms with Crippen LogP contribution >= 0.6 is 0 Å². The topological polar surface area (TPSA) is 112 Å². The second-order valence-corrected chi connectivity index (χ2v) is 6.52. The highest BCUT2D eigenvalue weighted by Crippen LogP contribution is 2.11. The lowest BCUT2D eigenvalue weighted by atomic mass is 10.1. The fourth-order valence-electron chi connectivity index (χ4n) is 2.81. The summed E-state index contributed by atoms with van der Waals surface area (Å²) in [4.78, 5) is 26.2. The first-order chi connectivity index (χ1) is 14.0. The van der Waals surface area contributed by atoms with Crippen LogP contribution in [0.15, 0.2) is 53.3 Å². The SMILES string of the molecule is Cc1nc([N+](=O)[O-])cn1CCC(=O)NCc1cccc(COCc2ccco2)c1. The number of hydrogen-bond donors (Lipinski definition) is 1. The molecule has 1 amide bonds. The van der Waals surface area contributed by atoms with Crippen LogP contribution in [0, 0.1) is 17.0 Å². The van der Waals surface area contributed by atoms with Gasteiger partial charge in [-0.2, -0.15) is 0 Å². The summed E-state index contributed by atoms with van der Waals surface area (Å²) in [5.74, 6) is 0.924. The molecule has 9 heteroatoms. The summed E-state index contributed by atoms with van der Waals surface area (Å²) in [6, 6.07) is 11.5. The van der Waals surface area contributed by atoms with Crippen LogP contribution < -0.4 is 5.32 Å². The Bertz CT molecular complexity index is 965. The number of nitro groups is 1. The number of imidazole rings is 1. The predicted octanol–water partition coefficient (Wildman–Crippen LogP) is 3.12. The Hall–Kier alpha value is -3.46. The van der Waals surface area contributed by atoms with Gasteiger partial charge < -0.3 is 29.2 Å². The van der Waals surface area contributed by atoms with Crippen molar-refractivity contribution in [3.63, 3.8) is 0 Å². The number of carbonyl (C=O) groups excluding carboxylic acids is 1. The molecule has 1 aromatic carbocycles. The summed E-state index contributed by atoms with van der Waals surface area (Å²) in [7, 11) is 0. The highest BCUT2D eigenvalue weighted by molar-refractivity contribution is 5.75. The van der Waals surface area contributed by atoms with Crippen LogP contribution in [0.5, 0.6) is 0 Å². The van der Waals surface area contributed by atoms with Crippen molar-refractivity contribution in [2.75, 3.05) is 0 Å². The van der Waals surface area contributed by atoms with Crippen molar-refractivity contribution in [2.24, 2.45) is 0 Å². The molecule has 0 radical (unpaired) electrons. The number of ether oxygens (including phenoxy) is 1. The van der Waals surface area contributed by atoms with E-state index in [4.69, 9.17) is 9.15 Å². The first-order valence-corrected chi connectivity index (χ1v) is 9.14. The van der Waals surface area contributed by atoms with Gasteiger partial charge in [-0.15, -0.1) is 0 Å². The molecule has 0 atom stereocenters. The molecule has 0 unspecified atom stereocenters. The molecule has 2 heterocycles. The van der Waals surface area contributed by atoms with E-state index in [0.717, 1.165) is 16.9 Å². The highest BCUT2D eigenvalue weighted by atomic mass is 16.6. The number of rotatable bonds is 10. The molecule has 1 N–H and O–H groups in total. The van der Waals surface area contributed by atoms with Crippen molar-refractivity contribution in [1.82, 2.24) is 14.9 Å². The maximum Gasteiger partial charge on any atom is 0.381 e. The Morgan fingerprint density at radius 3 is 2.83 bits per heavy atom. The zero-order valence-electron chi connectivity index (χ0n) is 16.0. The maximum absolute atomic E-state index is 12.1. The van der Waals surface area contributed by atoms with E-state index in [1.165, 1.54) is 6.20 Å². The molecule has 2 aromatic heterocycles. The van der Waals surface area contributed by atoms with Crippen LogP contribution in [0.1, 0.15) is 29.1 Å². The third-order valence-electron chi connectivity index (χ3n) is 4.30. The molecular formula is C20H22N4O5. The third-order valence-corrected chi connectivity index (χ3v) is 4.30. The molecule has 0 bridgehead atoms. The normalized spacial score (nSPS) is 10.8. The molecule has 0 spiro atoms. The maximum atomic E-state index is 12.1. The number of aromatic nitrogens is 2. The monoisotopic (exact) mass is 398 g/mol. The van der Waals surface area contributed by atoms with Crippen molar-refractivity contribution in [3.05, 3.63) is 81.7 Å². The quantitative estimate of drug-likeness (QED) is 0.415. The van der Waals surface area contributed by atoms with Gasteiger partial charge in [-0.1, -0.05) is 24.3 Å². The van der Waals surface area contributed by atoms with Crippen LogP contribution in [0.3, 0.4) is 0 Å². The van der Waals surface area contributed by atoms with E-state index in [-0.39, 0.29) is 18.1 Å². The van der Waals surface area contributed by atoms with Gasteiger partial charge in [0.1, 0.15) is 18.6 Å². The zero-order chi connectivity index (χ0) is 20.6. The summed E-state index contributed by atoms with van der Waals surface area (Å²) in [6.45, 7) is 3.25. The van der Waals surface area contributed by atoms with Gasteiger partial charge in [-0.3, -0.25) is 4.79 Å². The number of aryl methyl sites for hydroxylation is 2. The third kappa shape index (κ3) is 6.01. The Morgan fingerprint density at radius 1 is 1.28 bits per heavy atom. The van der Waals surface area contributed by atoms with Crippen LogP contribution in [0.25, 0.3) is 0 Å². The molecule has 3 aromatic rings. The summed E-state index contributed by atoms with van der Waals surface area (Å²) >= 11 is 0. The minimum Gasteiger partial charge on any atom is -0.467 e. The van der Waals surface area contributed by atoms with Gasteiger partial charge in [0.15, 0.2) is 0 Å². The van der Waals surface area contributed by atoms with Gasteiger partial charge in [0.2, 0.25) is 11.7 Å². The lowest BCUT2D eigenvalue weighted by Gasteiger charge is -2.08. The molecule has 9 nitrogen and oxygen atoms in total. The molecule has 3 rings (SSSR count). The highest BCUT2D eigenvalue weighted by Gasteiger charge is 2.15. The Balaban J connectivity index is 1.43. The fraction of sp³-hybridized carbons (Fsp3) is 0.300. The molecule has 0 saturated heterocycles. The Morgan fingerprint density at radius 2 is 2.10 bits per heavy atom. The van der Waals surface area contributed by atoms with E-state index >= 15 is 0 Å². The number of benzene rings is 1. The van der Waals surface area contributed by atoms with E-state index in [0.29, 0.717) is 32.1 Å². The number of amides is 1. The second-order valence-electron chi connectivity index (χ2n) is 6.52. The molecular weight excluding hydrogens is 376 g/mol. The number of furan rings is 1. The van der Waals surface area contributed by atoms with Crippen molar-refractivity contribution < 1.29 is 18.9 Å². The second kappa shape index (κ2) is 9.65. The van der Waals surface area contributed by atoms with Gasteiger partial charge in [-0.25, -0.2) is 0 Å². The standard InChI is InChI=1S/C20H22N4O5/c1-15-22-19(24(26)27)12-23(15)8-7-20(25)21-11-16-4-2-5-17(10-16)13-28-14-18-6-3-9-29-18/h2-6,9-10,12H,7-8,11,13-14H2,1H3,(H,21,25). The zero-order valence-corrected chi connectivity index (χ0v) is 16.0. The van der Waals surface area contributed by atoms with Crippen LogP contribution in [-0.4, -0.2) is 20.4 Å². The van der Waals surface area contributed by atoms with Crippen LogP contribution in [0.2, 0.25) is 0 Å². The molecule has 0 fully saturated rings. The molecule has 152 valence electrons. The molecule has 0 aliphatic carbocycles. The predicted molar refractivity (Wildman–Crippen MR) is 104 cm³/mol. The van der Waals surface area contributed by atoms with Gasteiger partial charge in [0, 0.05) is 26.4 Å². The van der Waals surface area contributed by atoms with Crippen molar-refractivity contribution in [2.45, 2.75) is 39.6 Å². The number of nitrogens with one attached hydrogen (secondary N) is 1. The number of carbonyl (C=O) groups is 1. The van der Waals surface area contributed by atoms with E-state index in [1.807, 2.05) is 36.4 Å². The molecule has 0 aliphatic rings. The van der Waals surface area contributed by atoms with E-state index < -0.39 is 4.92 Å². The van der Waals surface area contributed by atoms with Gasteiger partial charge in [-0.05, 0) is 33.2 Å². The van der Waals surface area contributed by atoms with Crippen molar-refractivity contribution >= 4 is 11.7 Å². The first-order valence-electron chi connectivity index (χ1n) is 9.14. The van der Waals surface area contributed by atoms with Gasteiger partial charge >= 0.3 is 5.82 Å². The lowest BCUT2D eigenvalue weighted by Crippen LogP contribution is -2.24. The molecule has 0 aliphatic heterocycles. The first kappa shape index (κ1) is 20.3. The van der Waals surface area contributed by atoms with E-state index in [9.17, 15) is 14.9 Å². The number of hydrogen-bond acceptors (Lipinski definition) is 6. The minimum atomic E-state index is -0.547. The summed E-state index contributed by atoms with van der Waals surface area (Å²) in [5, 5.41) is 13.6. The number of nitrogens with zero attached hydrogens (tertiary/aromatic N) is 3. The fourth-order valence-corrected chi connectivity index (χ4v) is 2.81. The average molecular weight is 398 g/mol. The molecule has 0 saturated carbocycles. The average Bonchev–Trinajstić information content (AvgIpc) is 3.35. The van der Waals surface area contributed by atoms with Crippen LogP contribution in [0.4, 0.5) is 5.82 Å². The Kier molecular flexibility index (Phi) is 6.75. The minimum absolute atomic E-state index is 0.139. The van der Waals surface area contributed by atoms with E-state index in [1.54, 1.807) is 17.8 Å². The van der Waals surface area contributed by atoms with E-state index in [2.05, 4.69) is 10.3 Å². The lowest BCUT2D eigenvalue weighted by molar-refractivity contribution is -0.389. The smallest absolute Gasteiger partial charge is 0.381 e. The molecule has 29 heavy (non-hydrogen) atoms.